The van der Waals surface area contributed by atoms with E-state index in [1.807, 2.05) is 78.9 Å². The Labute approximate surface area is 263 Å². The second kappa shape index (κ2) is 11.1. The highest BCUT2D eigenvalue weighted by molar-refractivity contribution is 9.10. The van der Waals surface area contributed by atoms with Gasteiger partial charge in [-0.1, -0.05) is 70.0 Å². The summed E-state index contributed by atoms with van der Waals surface area (Å²) in [6, 6.07) is 32.1. The van der Waals surface area contributed by atoms with Crippen molar-refractivity contribution in [2.75, 3.05) is 16.4 Å². The van der Waals surface area contributed by atoms with Crippen molar-refractivity contribution >= 4 is 83.6 Å². The van der Waals surface area contributed by atoms with Gasteiger partial charge in [0, 0.05) is 26.4 Å². The lowest BCUT2D eigenvalue weighted by Crippen LogP contribution is -2.14. The van der Waals surface area contributed by atoms with E-state index in [-0.39, 0.29) is 11.4 Å². The van der Waals surface area contributed by atoms with Crippen LogP contribution in [0.25, 0.3) is 37.7 Å². The van der Waals surface area contributed by atoms with Gasteiger partial charge in [0.25, 0.3) is 5.91 Å². The number of halogens is 2. The number of hydrogen-bond donors (Lipinski definition) is 3. The lowest BCUT2D eigenvalue weighted by Gasteiger charge is -2.13. The van der Waals surface area contributed by atoms with Crippen molar-refractivity contribution in [1.82, 2.24) is 19.6 Å². The number of rotatable bonds is 6. The highest BCUT2D eigenvalue weighted by atomic mass is 79.9. The van der Waals surface area contributed by atoms with Gasteiger partial charge in [0.05, 0.1) is 21.5 Å². The summed E-state index contributed by atoms with van der Waals surface area (Å²) in [7, 11) is 0. The molecular formula is C32H21BrClN7OS. The largest absolute Gasteiger partial charge is 0.383 e. The first kappa shape index (κ1) is 27.1. The fraction of sp³-hybridized carbons (Fsp3) is 0. The predicted octanol–water partition coefficient (Wildman–Crippen LogP) is 8.67. The first-order valence-electron chi connectivity index (χ1n) is 13.2. The van der Waals surface area contributed by atoms with E-state index in [0.717, 1.165) is 25.9 Å². The van der Waals surface area contributed by atoms with Crippen LogP contribution in [0.3, 0.4) is 0 Å². The van der Waals surface area contributed by atoms with Crippen molar-refractivity contribution in [3.63, 3.8) is 0 Å². The number of nitrogens with one attached hydrogen (secondary N) is 2. The van der Waals surface area contributed by atoms with E-state index < -0.39 is 5.91 Å². The van der Waals surface area contributed by atoms with E-state index in [0.29, 0.717) is 38.4 Å². The number of nitrogens with two attached hydrogens (primary N) is 1. The molecule has 0 aliphatic carbocycles. The summed E-state index contributed by atoms with van der Waals surface area (Å²) in [6.45, 7) is 0. The molecule has 0 atom stereocenters. The summed E-state index contributed by atoms with van der Waals surface area (Å²) in [5, 5.41) is 12.5. The minimum Gasteiger partial charge on any atom is -0.383 e. The van der Waals surface area contributed by atoms with Crippen LogP contribution in [0.1, 0.15) is 10.4 Å². The van der Waals surface area contributed by atoms with Crippen LogP contribution in [0.15, 0.2) is 108 Å². The number of amides is 1. The molecule has 11 heteroatoms. The molecule has 3 heterocycles. The van der Waals surface area contributed by atoms with Crippen molar-refractivity contribution in [3.05, 3.63) is 118 Å². The van der Waals surface area contributed by atoms with Crippen molar-refractivity contribution in [2.45, 2.75) is 0 Å². The third kappa shape index (κ3) is 5.20. The van der Waals surface area contributed by atoms with E-state index in [2.05, 4.69) is 26.6 Å². The number of nitrogen functional groups attached to an aromatic ring is 1. The van der Waals surface area contributed by atoms with Gasteiger partial charge in [-0.25, -0.2) is 14.5 Å². The molecule has 210 valence electrons. The van der Waals surface area contributed by atoms with Crippen molar-refractivity contribution in [2.24, 2.45) is 0 Å². The maximum absolute atomic E-state index is 13.9. The number of fused-ring (bicyclic) bond motifs is 2. The molecule has 1 amide bonds. The van der Waals surface area contributed by atoms with Gasteiger partial charge in [-0.3, -0.25) is 4.79 Å². The van der Waals surface area contributed by atoms with Gasteiger partial charge in [0.1, 0.15) is 16.4 Å². The average molecular weight is 667 g/mol. The molecule has 0 spiro atoms. The van der Waals surface area contributed by atoms with Crippen LogP contribution in [0.2, 0.25) is 5.02 Å². The van der Waals surface area contributed by atoms with Gasteiger partial charge in [-0.2, -0.15) is 0 Å². The Morgan fingerprint density at radius 3 is 2.33 bits per heavy atom. The van der Waals surface area contributed by atoms with Gasteiger partial charge in [-0.05, 0) is 60.7 Å². The average Bonchev–Trinajstić information content (AvgIpc) is 3.59. The van der Waals surface area contributed by atoms with E-state index >= 15 is 0 Å². The lowest BCUT2D eigenvalue weighted by molar-refractivity contribution is 0.102. The van der Waals surface area contributed by atoms with Crippen LogP contribution in [0.4, 0.5) is 23.0 Å². The number of thiazole rings is 1. The molecule has 4 N–H and O–H groups in total. The normalized spacial score (nSPS) is 11.2. The summed E-state index contributed by atoms with van der Waals surface area (Å²) in [5.41, 5.74) is 11.6. The Hall–Kier alpha value is -4.77. The van der Waals surface area contributed by atoms with Gasteiger partial charge < -0.3 is 16.4 Å². The Bertz CT molecular complexity index is 2100. The SMILES string of the molecule is Nc1nc2c(C(=O)Nc3ccc(Cl)cc3)c(Nc3ccccc3)nn2c(-c2ccc(Br)cc2)c1-c1nc2ccccc2s1. The highest BCUT2D eigenvalue weighted by Crippen LogP contribution is 2.41. The highest BCUT2D eigenvalue weighted by Gasteiger charge is 2.28. The minimum atomic E-state index is -0.405. The molecule has 7 aromatic rings. The second-order valence-electron chi connectivity index (χ2n) is 9.63. The second-order valence-corrected chi connectivity index (χ2v) is 12.0. The maximum Gasteiger partial charge on any atom is 0.263 e. The Morgan fingerprint density at radius 1 is 0.860 bits per heavy atom. The Balaban J connectivity index is 1.49. The minimum absolute atomic E-state index is 0.233. The summed E-state index contributed by atoms with van der Waals surface area (Å²) in [5.74, 6) is 0.151. The molecule has 0 bridgehead atoms. The Morgan fingerprint density at radius 2 is 1.58 bits per heavy atom. The van der Waals surface area contributed by atoms with Gasteiger partial charge in [0.15, 0.2) is 11.5 Å². The molecule has 0 fully saturated rings. The van der Waals surface area contributed by atoms with Crippen molar-refractivity contribution in [1.29, 1.82) is 0 Å². The summed E-state index contributed by atoms with van der Waals surface area (Å²) < 4.78 is 3.61. The monoisotopic (exact) mass is 665 g/mol. The summed E-state index contributed by atoms with van der Waals surface area (Å²) in [6.07, 6.45) is 0. The number of carbonyl (C=O) groups is 1. The molecular weight excluding hydrogens is 646 g/mol. The zero-order valence-corrected chi connectivity index (χ0v) is 25.4. The quantitative estimate of drug-likeness (QED) is 0.164. The molecule has 43 heavy (non-hydrogen) atoms. The number of anilines is 4. The summed E-state index contributed by atoms with van der Waals surface area (Å²) in [4.78, 5) is 23.6. The zero-order chi connectivity index (χ0) is 29.5. The number of para-hydroxylation sites is 2. The van der Waals surface area contributed by atoms with Gasteiger partial charge >= 0.3 is 0 Å². The number of hydrogen-bond acceptors (Lipinski definition) is 7. The van der Waals surface area contributed by atoms with Crippen LogP contribution in [-0.2, 0) is 0 Å². The predicted molar refractivity (Wildman–Crippen MR) is 178 cm³/mol. The number of nitrogens with zero attached hydrogens (tertiary/aromatic N) is 4. The van der Waals surface area contributed by atoms with Gasteiger partial charge in [0.2, 0.25) is 0 Å². The number of aromatic nitrogens is 4. The fourth-order valence-electron chi connectivity index (χ4n) is 4.81. The molecule has 0 aliphatic rings. The lowest BCUT2D eigenvalue weighted by atomic mass is 10.1. The molecule has 3 aromatic heterocycles. The first-order chi connectivity index (χ1) is 20.9. The summed E-state index contributed by atoms with van der Waals surface area (Å²) >= 11 is 11.1. The molecule has 0 saturated carbocycles. The maximum atomic E-state index is 13.9. The third-order valence-electron chi connectivity index (χ3n) is 6.78. The molecule has 0 aliphatic heterocycles. The number of carbonyl (C=O) groups excluding carboxylic acids is 1. The molecule has 0 radical (unpaired) electrons. The van der Waals surface area contributed by atoms with Crippen LogP contribution < -0.4 is 16.4 Å². The number of benzene rings is 4. The van der Waals surface area contributed by atoms with Gasteiger partial charge in [-0.15, -0.1) is 16.4 Å². The fourth-order valence-corrected chi connectivity index (χ4v) is 6.22. The smallest absolute Gasteiger partial charge is 0.263 e. The molecule has 0 unspecified atom stereocenters. The third-order valence-corrected chi connectivity index (χ3v) is 8.62. The van der Waals surface area contributed by atoms with E-state index in [9.17, 15) is 4.79 Å². The molecule has 4 aromatic carbocycles. The zero-order valence-electron chi connectivity index (χ0n) is 22.3. The van der Waals surface area contributed by atoms with E-state index in [4.69, 9.17) is 32.4 Å². The molecule has 8 nitrogen and oxygen atoms in total. The molecule has 0 saturated heterocycles. The van der Waals surface area contributed by atoms with Crippen LogP contribution >= 0.6 is 38.9 Å². The topological polar surface area (TPSA) is 110 Å². The van der Waals surface area contributed by atoms with Crippen LogP contribution in [0, 0.1) is 0 Å². The van der Waals surface area contributed by atoms with Crippen LogP contribution in [0.5, 0.6) is 0 Å². The van der Waals surface area contributed by atoms with Crippen molar-refractivity contribution in [3.8, 4) is 21.8 Å². The van der Waals surface area contributed by atoms with E-state index in [1.165, 1.54) is 11.3 Å². The van der Waals surface area contributed by atoms with Crippen molar-refractivity contribution < 1.29 is 4.79 Å². The Kier molecular flexibility index (Phi) is 7.02. The first-order valence-corrected chi connectivity index (χ1v) is 15.2. The molecule has 7 rings (SSSR count). The standard InChI is InChI=1S/C32H21BrClN7OS/c33-19-12-10-18(11-13-19)27-25(32-38-23-8-4-5-9-24(23)43-32)28(35)39-30-26(31(42)37-22-16-14-20(34)15-17-22)29(40-41(27)30)36-21-6-2-1-3-7-21/h1-17H,(H2,35,39)(H,36,40)(H,37,42). The van der Waals surface area contributed by atoms with E-state index in [1.54, 1.807) is 28.8 Å². The van der Waals surface area contributed by atoms with Crippen LogP contribution in [-0.4, -0.2) is 25.5 Å².